The summed E-state index contributed by atoms with van der Waals surface area (Å²) in [5.74, 6) is -0.922. The van der Waals surface area contributed by atoms with E-state index in [1.807, 2.05) is 0 Å². The van der Waals surface area contributed by atoms with Crippen LogP contribution in [-0.4, -0.2) is 37.1 Å². The van der Waals surface area contributed by atoms with Crippen LogP contribution in [0.5, 0.6) is 0 Å². The highest BCUT2D eigenvalue weighted by Crippen LogP contribution is 2.30. The van der Waals surface area contributed by atoms with Gasteiger partial charge in [0.2, 0.25) is 0 Å². The van der Waals surface area contributed by atoms with E-state index in [0.717, 1.165) is 12.8 Å². The minimum atomic E-state index is -4.62. The lowest BCUT2D eigenvalue weighted by Gasteiger charge is -2.22. The molecule has 2 heterocycles. The van der Waals surface area contributed by atoms with Crippen LogP contribution < -0.4 is 5.32 Å². The number of nitrogens with one attached hydrogen (secondary N) is 1. The molecular weight excluding hydrogens is 287 g/mol. The monoisotopic (exact) mass is 301 g/mol. The van der Waals surface area contributed by atoms with E-state index in [1.165, 1.54) is 12.1 Å². The third kappa shape index (κ3) is 2.78. The Kier molecular flexibility index (Phi) is 3.23. The van der Waals surface area contributed by atoms with Gasteiger partial charge in [-0.15, -0.1) is 15.3 Å². The Morgan fingerprint density at radius 2 is 1.95 bits per heavy atom. The molecule has 2 aromatic rings. The van der Waals surface area contributed by atoms with Crippen LogP contribution in [0.1, 0.15) is 31.5 Å². The van der Waals surface area contributed by atoms with E-state index < -0.39 is 17.6 Å². The number of aliphatic hydroxyl groups is 1. The van der Waals surface area contributed by atoms with Gasteiger partial charge in [0.15, 0.2) is 5.65 Å². The van der Waals surface area contributed by atoms with Gasteiger partial charge in [-0.1, -0.05) is 12.8 Å². The lowest BCUT2D eigenvalue weighted by molar-refractivity contribution is -0.146. The molecule has 1 aliphatic rings. The molecule has 0 radical (unpaired) electrons. The fourth-order valence-electron chi connectivity index (χ4n) is 2.52. The number of alkyl halides is 3. The van der Waals surface area contributed by atoms with Crippen molar-refractivity contribution in [2.24, 2.45) is 0 Å². The van der Waals surface area contributed by atoms with E-state index >= 15 is 0 Å². The van der Waals surface area contributed by atoms with Crippen molar-refractivity contribution in [3.8, 4) is 0 Å². The molecule has 0 amide bonds. The summed E-state index contributed by atoms with van der Waals surface area (Å²) in [5.41, 5.74) is -0.788. The molecule has 0 atom stereocenters. The first kappa shape index (κ1) is 14.1. The van der Waals surface area contributed by atoms with E-state index in [1.54, 1.807) is 0 Å². The molecule has 21 heavy (non-hydrogen) atoms. The van der Waals surface area contributed by atoms with Gasteiger partial charge < -0.3 is 10.4 Å². The third-order valence-electron chi connectivity index (χ3n) is 3.65. The normalized spacial score (nSPS) is 18.3. The summed E-state index contributed by atoms with van der Waals surface area (Å²) in [6, 6.07) is 2.92. The van der Waals surface area contributed by atoms with Gasteiger partial charge in [-0.3, -0.25) is 0 Å². The molecule has 0 aliphatic heterocycles. The molecule has 2 N–H and O–H groups in total. The maximum atomic E-state index is 12.8. The highest BCUT2D eigenvalue weighted by Gasteiger charge is 2.37. The summed E-state index contributed by atoms with van der Waals surface area (Å²) in [6.07, 6.45) is -1.34. The van der Waals surface area contributed by atoms with Crippen molar-refractivity contribution in [1.82, 2.24) is 19.8 Å². The highest BCUT2D eigenvalue weighted by molar-refractivity contribution is 5.44. The molecule has 2 aromatic heterocycles. The van der Waals surface area contributed by atoms with Crippen LogP contribution in [0.3, 0.4) is 0 Å². The van der Waals surface area contributed by atoms with Gasteiger partial charge in [0.1, 0.15) is 5.82 Å². The Morgan fingerprint density at radius 1 is 1.24 bits per heavy atom. The molecule has 0 aromatic carbocycles. The van der Waals surface area contributed by atoms with Crippen molar-refractivity contribution in [3.63, 3.8) is 0 Å². The Hall–Kier alpha value is -1.90. The van der Waals surface area contributed by atoms with E-state index in [4.69, 9.17) is 0 Å². The zero-order valence-electron chi connectivity index (χ0n) is 11.1. The second-order valence-corrected chi connectivity index (χ2v) is 5.29. The van der Waals surface area contributed by atoms with Crippen LogP contribution in [0.2, 0.25) is 0 Å². The highest BCUT2D eigenvalue weighted by atomic mass is 19.4. The summed E-state index contributed by atoms with van der Waals surface area (Å²) in [4.78, 5) is 0. The van der Waals surface area contributed by atoms with Gasteiger partial charge in [-0.2, -0.15) is 17.7 Å². The molecule has 9 heteroatoms. The van der Waals surface area contributed by atoms with Crippen LogP contribution in [-0.2, 0) is 6.18 Å². The maximum absolute atomic E-state index is 12.8. The minimum absolute atomic E-state index is 0.0208. The van der Waals surface area contributed by atoms with E-state index in [2.05, 4.69) is 20.6 Å². The summed E-state index contributed by atoms with van der Waals surface area (Å²) >= 11 is 0. The van der Waals surface area contributed by atoms with Crippen molar-refractivity contribution in [3.05, 3.63) is 18.0 Å². The fourth-order valence-corrected chi connectivity index (χ4v) is 2.52. The minimum Gasteiger partial charge on any atom is -0.388 e. The van der Waals surface area contributed by atoms with Gasteiger partial charge in [0.25, 0.3) is 5.82 Å². The molecule has 114 valence electrons. The number of hydrogen-bond acceptors (Lipinski definition) is 5. The van der Waals surface area contributed by atoms with Gasteiger partial charge >= 0.3 is 6.18 Å². The van der Waals surface area contributed by atoms with E-state index in [-0.39, 0.29) is 18.0 Å². The Bertz CT molecular complexity index is 648. The van der Waals surface area contributed by atoms with Crippen LogP contribution >= 0.6 is 0 Å². The van der Waals surface area contributed by atoms with Gasteiger partial charge in [-0.05, 0) is 25.0 Å². The van der Waals surface area contributed by atoms with Crippen molar-refractivity contribution < 1.29 is 18.3 Å². The number of fused-ring (bicyclic) bond motifs is 1. The molecule has 3 rings (SSSR count). The van der Waals surface area contributed by atoms with Crippen molar-refractivity contribution in [2.45, 2.75) is 37.5 Å². The molecule has 0 bridgehead atoms. The van der Waals surface area contributed by atoms with Gasteiger partial charge in [-0.25, -0.2) is 0 Å². The zero-order valence-corrected chi connectivity index (χ0v) is 11.1. The lowest BCUT2D eigenvalue weighted by Crippen LogP contribution is -2.33. The molecule has 6 nitrogen and oxygen atoms in total. The Morgan fingerprint density at radius 3 is 2.62 bits per heavy atom. The molecule has 1 saturated carbocycles. The zero-order chi connectivity index (χ0) is 15.1. The van der Waals surface area contributed by atoms with E-state index in [0.29, 0.717) is 17.4 Å². The molecule has 0 spiro atoms. The number of nitrogens with zero attached hydrogens (tertiary/aromatic N) is 4. The largest absolute Gasteiger partial charge is 0.453 e. The Labute approximate surface area is 118 Å². The third-order valence-corrected chi connectivity index (χ3v) is 3.65. The number of aromatic nitrogens is 4. The van der Waals surface area contributed by atoms with Crippen LogP contribution in [0.25, 0.3) is 5.65 Å². The first-order chi connectivity index (χ1) is 9.87. The second-order valence-electron chi connectivity index (χ2n) is 5.29. The number of rotatable bonds is 3. The number of anilines is 1. The summed E-state index contributed by atoms with van der Waals surface area (Å²) in [5, 5.41) is 23.5. The molecular formula is C12H14F3N5O. The standard InChI is InChI=1S/C12H14F3N5O/c13-12(14,15)10-18-17-9-4-3-8(19-20(9)10)16-7-11(21)5-1-2-6-11/h3-4,21H,1-2,5-7H2,(H,16,19). The van der Waals surface area contributed by atoms with E-state index in [9.17, 15) is 18.3 Å². The summed E-state index contributed by atoms with van der Waals surface area (Å²) in [7, 11) is 0. The van der Waals surface area contributed by atoms with Crippen LogP contribution in [0.4, 0.5) is 19.0 Å². The molecule has 1 aliphatic carbocycles. The average Bonchev–Trinajstić information content (AvgIpc) is 3.02. The smallest absolute Gasteiger partial charge is 0.388 e. The second kappa shape index (κ2) is 4.83. The van der Waals surface area contributed by atoms with Gasteiger partial charge in [0, 0.05) is 6.54 Å². The Balaban J connectivity index is 1.83. The summed E-state index contributed by atoms with van der Waals surface area (Å²) in [6.45, 7) is 0.259. The van der Waals surface area contributed by atoms with Crippen LogP contribution in [0, 0.1) is 0 Å². The maximum Gasteiger partial charge on any atom is 0.453 e. The number of hydrogen-bond donors (Lipinski definition) is 2. The fraction of sp³-hybridized carbons (Fsp3) is 0.583. The van der Waals surface area contributed by atoms with Crippen LogP contribution in [0.15, 0.2) is 12.1 Å². The molecule has 1 fully saturated rings. The van der Waals surface area contributed by atoms with Crippen molar-refractivity contribution in [1.29, 1.82) is 0 Å². The molecule has 0 saturated heterocycles. The number of halogens is 3. The quantitative estimate of drug-likeness (QED) is 0.905. The van der Waals surface area contributed by atoms with Crippen molar-refractivity contribution >= 4 is 11.5 Å². The van der Waals surface area contributed by atoms with Crippen molar-refractivity contribution in [2.75, 3.05) is 11.9 Å². The average molecular weight is 301 g/mol. The molecule has 0 unspecified atom stereocenters. The predicted octanol–water partition coefficient (Wildman–Crippen LogP) is 1.86. The lowest BCUT2D eigenvalue weighted by atomic mass is 10.0. The summed E-state index contributed by atoms with van der Waals surface area (Å²) < 4.78 is 38.9. The SMILES string of the molecule is OC1(CNc2ccc3nnc(C(F)(F)F)n3n2)CCCC1. The van der Waals surface area contributed by atoms with Gasteiger partial charge in [0.05, 0.1) is 5.60 Å². The topological polar surface area (TPSA) is 75.3 Å². The first-order valence-electron chi connectivity index (χ1n) is 6.63. The predicted molar refractivity (Wildman–Crippen MR) is 67.7 cm³/mol. The first-order valence-corrected chi connectivity index (χ1v) is 6.63.